The number of ether oxygens (including phenoxy) is 1. The molecule has 5 nitrogen and oxygen atoms in total. The van der Waals surface area contributed by atoms with E-state index in [1.165, 1.54) is 18.9 Å². The summed E-state index contributed by atoms with van der Waals surface area (Å²) in [7, 11) is 1.52. The van der Waals surface area contributed by atoms with E-state index in [1.807, 2.05) is 6.26 Å². The lowest BCUT2D eigenvalue weighted by atomic mass is 10.2. The standard InChI is InChI=1S/C11H16N2O3S/c1-16-7-8(6-14)13-10(15)9-4-3-5-12-11(9)17-2/h3-5,8,14H,6-7H2,1-2H3,(H,13,15). The molecule has 0 aliphatic rings. The number of nitrogens with zero attached hydrogens (tertiary/aromatic N) is 1. The second-order valence-corrected chi connectivity index (χ2v) is 4.16. The van der Waals surface area contributed by atoms with E-state index in [0.717, 1.165) is 0 Å². The lowest BCUT2D eigenvalue weighted by molar-refractivity contribution is 0.0836. The van der Waals surface area contributed by atoms with E-state index in [2.05, 4.69) is 10.3 Å². The van der Waals surface area contributed by atoms with Gasteiger partial charge < -0.3 is 15.2 Å². The Kier molecular flexibility index (Phi) is 5.96. The van der Waals surface area contributed by atoms with E-state index in [1.54, 1.807) is 18.3 Å². The summed E-state index contributed by atoms with van der Waals surface area (Å²) in [4.78, 5) is 16.0. The fraction of sp³-hybridized carbons (Fsp3) is 0.455. The molecule has 1 amide bonds. The highest BCUT2D eigenvalue weighted by molar-refractivity contribution is 7.98. The molecule has 2 N–H and O–H groups in total. The molecule has 0 aromatic carbocycles. The van der Waals surface area contributed by atoms with Crippen LogP contribution >= 0.6 is 11.8 Å². The number of hydrogen-bond donors (Lipinski definition) is 2. The fourth-order valence-electron chi connectivity index (χ4n) is 1.33. The van der Waals surface area contributed by atoms with Gasteiger partial charge in [0.2, 0.25) is 0 Å². The zero-order chi connectivity index (χ0) is 12.7. The normalized spacial score (nSPS) is 12.2. The summed E-state index contributed by atoms with van der Waals surface area (Å²) in [6.45, 7) is 0.117. The molecule has 0 saturated carbocycles. The lowest BCUT2D eigenvalue weighted by Crippen LogP contribution is -2.40. The molecule has 0 saturated heterocycles. The Labute approximate surface area is 105 Å². The van der Waals surface area contributed by atoms with Crippen molar-refractivity contribution in [1.29, 1.82) is 0 Å². The highest BCUT2D eigenvalue weighted by atomic mass is 32.2. The van der Waals surface area contributed by atoms with Crippen molar-refractivity contribution in [2.24, 2.45) is 0 Å². The smallest absolute Gasteiger partial charge is 0.254 e. The number of amides is 1. The minimum Gasteiger partial charge on any atom is -0.394 e. The van der Waals surface area contributed by atoms with Gasteiger partial charge in [0.15, 0.2) is 0 Å². The van der Waals surface area contributed by atoms with Crippen LogP contribution in [-0.2, 0) is 4.74 Å². The highest BCUT2D eigenvalue weighted by Crippen LogP contribution is 2.16. The molecule has 6 heteroatoms. The predicted molar refractivity (Wildman–Crippen MR) is 66.2 cm³/mol. The molecule has 0 radical (unpaired) electrons. The molecule has 1 aromatic rings. The van der Waals surface area contributed by atoms with Gasteiger partial charge >= 0.3 is 0 Å². The topological polar surface area (TPSA) is 71.5 Å². The van der Waals surface area contributed by atoms with Crippen LogP contribution in [0.4, 0.5) is 0 Å². The third kappa shape index (κ3) is 3.99. The molecule has 0 bridgehead atoms. The van der Waals surface area contributed by atoms with Crippen LogP contribution in [0.15, 0.2) is 23.4 Å². The monoisotopic (exact) mass is 256 g/mol. The second kappa shape index (κ2) is 7.26. The molecule has 0 spiro atoms. The lowest BCUT2D eigenvalue weighted by Gasteiger charge is -2.15. The van der Waals surface area contributed by atoms with Crippen molar-refractivity contribution in [2.75, 3.05) is 26.6 Å². The van der Waals surface area contributed by atoms with Gasteiger partial charge in [-0.05, 0) is 18.4 Å². The van der Waals surface area contributed by atoms with Gasteiger partial charge in [-0.1, -0.05) is 0 Å². The summed E-state index contributed by atoms with van der Waals surface area (Å²) in [6.07, 6.45) is 3.50. The number of aliphatic hydroxyl groups is 1. The molecule has 94 valence electrons. The summed E-state index contributed by atoms with van der Waals surface area (Å²) in [5, 5.41) is 12.4. The first-order valence-electron chi connectivity index (χ1n) is 5.12. The van der Waals surface area contributed by atoms with Crippen LogP contribution < -0.4 is 5.32 Å². The van der Waals surface area contributed by atoms with E-state index in [4.69, 9.17) is 9.84 Å². The minimum absolute atomic E-state index is 0.158. The van der Waals surface area contributed by atoms with E-state index in [-0.39, 0.29) is 19.1 Å². The van der Waals surface area contributed by atoms with E-state index in [0.29, 0.717) is 10.6 Å². The largest absolute Gasteiger partial charge is 0.394 e. The number of nitrogens with one attached hydrogen (secondary N) is 1. The van der Waals surface area contributed by atoms with Crippen LogP contribution in [0.5, 0.6) is 0 Å². The summed E-state index contributed by atoms with van der Waals surface area (Å²) >= 11 is 1.41. The molecule has 0 aliphatic heterocycles. The Morgan fingerprint density at radius 2 is 2.47 bits per heavy atom. The van der Waals surface area contributed by atoms with Gasteiger partial charge in [0.1, 0.15) is 5.03 Å². The predicted octanol–water partition coefficient (Wildman–Crippen LogP) is 0.541. The highest BCUT2D eigenvalue weighted by Gasteiger charge is 2.15. The fourth-order valence-corrected chi connectivity index (χ4v) is 1.88. The van der Waals surface area contributed by atoms with Crippen molar-refractivity contribution < 1.29 is 14.6 Å². The number of carbonyl (C=O) groups is 1. The molecule has 1 unspecified atom stereocenters. The molecule has 0 fully saturated rings. The number of carbonyl (C=O) groups excluding carboxylic acids is 1. The maximum atomic E-state index is 11.9. The van der Waals surface area contributed by atoms with Crippen LogP contribution in [0, 0.1) is 0 Å². The molecule has 1 heterocycles. The Morgan fingerprint density at radius 3 is 3.06 bits per heavy atom. The summed E-state index contributed by atoms with van der Waals surface area (Å²) in [6, 6.07) is 3.01. The van der Waals surface area contributed by atoms with Crippen LogP contribution in [0.1, 0.15) is 10.4 Å². The number of aliphatic hydroxyl groups excluding tert-OH is 1. The van der Waals surface area contributed by atoms with Crippen molar-refractivity contribution in [1.82, 2.24) is 10.3 Å². The van der Waals surface area contributed by atoms with Crippen molar-refractivity contribution in [3.63, 3.8) is 0 Å². The average Bonchev–Trinajstić information content (AvgIpc) is 2.38. The zero-order valence-electron chi connectivity index (χ0n) is 9.84. The SMILES string of the molecule is COCC(CO)NC(=O)c1cccnc1SC. The molecule has 1 rings (SSSR count). The Bertz CT molecular complexity index is 373. The summed E-state index contributed by atoms with van der Waals surface area (Å²) in [5.41, 5.74) is 0.509. The van der Waals surface area contributed by atoms with Gasteiger partial charge in [-0.3, -0.25) is 4.79 Å². The number of aromatic nitrogens is 1. The average molecular weight is 256 g/mol. The van der Waals surface area contributed by atoms with Crippen molar-refractivity contribution in [3.8, 4) is 0 Å². The van der Waals surface area contributed by atoms with Crippen LogP contribution in [0.3, 0.4) is 0 Å². The molecule has 17 heavy (non-hydrogen) atoms. The first-order valence-corrected chi connectivity index (χ1v) is 6.35. The summed E-state index contributed by atoms with van der Waals surface area (Å²) in [5.74, 6) is -0.251. The third-order valence-corrected chi connectivity index (χ3v) is 2.84. The van der Waals surface area contributed by atoms with Gasteiger partial charge in [0, 0.05) is 13.3 Å². The first-order chi connectivity index (χ1) is 8.22. The van der Waals surface area contributed by atoms with Crippen LogP contribution in [0.2, 0.25) is 0 Å². The van der Waals surface area contributed by atoms with Gasteiger partial charge in [-0.2, -0.15) is 0 Å². The van der Waals surface area contributed by atoms with Crippen molar-refractivity contribution >= 4 is 17.7 Å². The van der Waals surface area contributed by atoms with Crippen LogP contribution in [-0.4, -0.2) is 48.6 Å². The Balaban J connectivity index is 2.75. The van der Waals surface area contributed by atoms with Gasteiger partial charge in [0.25, 0.3) is 5.91 Å². The quantitative estimate of drug-likeness (QED) is 0.727. The maximum absolute atomic E-state index is 11.9. The number of methoxy groups -OCH3 is 1. The van der Waals surface area contributed by atoms with Gasteiger partial charge in [-0.25, -0.2) is 4.98 Å². The third-order valence-electron chi connectivity index (χ3n) is 2.13. The molecular formula is C11H16N2O3S. The molecule has 1 aromatic heterocycles. The zero-order valence-corrected chi connectivity index (χ0v) is 10.7. The maximum Gasteiger partial charge on any atom is 0.254 e. The number of pyridine rings is 1. The van der Waals surface area contributed by atoms with Gasteiger partial charge in [0.05, 0.1) is 24.8 Å². The minimum atomic E-state index is -0.401. The molecular weight excluding hydrogens is 240 g/mol. The van der Waals surface area contributed by atoms with E-state index in [9.17, 15) is 4.79 Å². The van der Waals surface area contributed by atoms with Crippen molar-refractivity contribution in [2.45, 2.75) is 11.1 Å². The number of thioether (sulfide) groups is 1. The number of hydrogen-bond acceptors (Lipinski definition) is 5. The van der Waals surface area contributed by atoms with Crippen molar-refractivity contribution in [3.05, 3.63) is 23.9 Å². The number of rotatable bonds is 6. The van der Waals surface area contributed by atoms with Crippen LogP contribution in [0.25, 0.3) is 0 Å². The second-order valence-electron chi connectivity index (χ2n) is 3.37. The van der Waals surface area contributed by atoms with Gasteiger partial charge in [-0.15, -0.1) is 11.8 Å². The first kappa shape index (κ1) is 14.0. The Hall–Kier alpha value is -1.11. The summed E-state index contributed by atoms with van der Waals surface area (Å²) < 4.78 is 4.89. The molecule has 0 aliphatic carbocycles. The van der Waals surface area contributed by atoms with E-state index < -0.39 is 6.04 Å². The Morgan fingerprint density at radius 1 is 1.71 bits per heavy atom. The molecule has 1 atom stereocenters. The van der Waals surface area contributed by atoms with E-state index >= 15 is 0 Å².